The minimum atomic E-state index is -3.69. The van der Waals surface area contributed by atoms with E-state index in [1.54, 1.807) is 6.07 Å². The number of β-amino-alcohol motifs (C(OH)–C–C–N with tert-alkyl or cyclic N) is 1. The van der Waals surface area contributed by atoms with Gasteiger partial charge in [-0.1, -0.05) is 0 Å². The Bertz CT molecular complexity index is 559. The van der Waals surface area contributed by atoms with Crippen molar-refractivity contribution in [1.29, 1.82) is 0 Å². The number of piperidine rings is 1. The molecule has 0 saturated carbocycles. The van der Waals surface area contributed by atoms with Gasteiger partial charge in [-0.2, -0.15) is 4.31 Å². The van der Waals surface area contributed by atoms with Crippen molar-refractivity contribution >= 4 is 15.7 Å². The molecule has 0 radical (unpaired) electrons. The van der Waals surface area contributed by atoms with Gasteiger partial charge in [0.2, 0.25) is 10.0 Å². The van der Waals surface area contributed by atoms with E-state index in [-0.39, 0.29) is 17.2 Å². The van der Waals surface area contributed by atoms with E-state index in [0.29, 0.717) is 25.1 Å². The smallest absolute Gasteiger partial charge is 0.246 e. The summed E-state index contributed by atoms with van der Waals surface area (Å²) in [5.41, 5.74) is 6.01. The van der Waals surface area contributed by atoms with Crippen molar-refractivity contribution in [2.45, 2.75) is 23.8 Å². The maximum atomic E-state index is 12.5. The number of rotatable bonds is 3. The number of sulfonamides is 1. The zero-order chi connectivity index (χ0) is 14.0. The number of anilines is 1. The molecule has 7 heteroatoms. The van der Waals surface area contributed by atoms with Crippen LogP contribution in [0.1, 0.15) is 12.8 Å². The zero-order valence-electron chi connectivity index (χ0n) is 10.7. The first-order valence-corrected chi connectivity index (χ1v) is 7.51. The van der Waals surface area contributed by atoms with Crippen molar-refractivity contribution in [3.63, 3.8) is 0 Å². The molecule has 19 heavy (non-hydrogen) atoms. The van der Waals surface area contributed by atoms with Crippen molar-refractivity contribution in [2.24, 2.45) is 0 Å². The lowest BCUT2D eigenvalue weighted by molar-refractivity contribution is 0.108. The molecule has 1 aliphatic rings. The summed E-state index contributed by atoms with van der Waals surface area (Å²) in [6.45, 7) is 0.512. The third-order valence-electron chi connectivity index (χ3n) is 3.16. The molecule has 0 amide bonds. The molecule has 3 N–H and O–H groups in total. The van der Waals surface area contributed by atoms with Gasteiger partial charge in [0.1, 0.15) is 10.6 Å². The number of nitrogen functional groups attached to an aromatic ring is 1. The quantitative estimate of drug-likeness (QED) is 0.786. The van der Waals surface area contributed by atoms with E-state index in [1.165, 1.54) is 23.5 Å². The number of nitrogens with zero attached hydrogens (tertiary/aromatic N) is 1. The fourth-order valence-electron chi connectivity index (χ4n) is 2.17. The van der Waals surface area contributed by atoms with Crippen LogP contribution in [0, 0.1) is 0 Å². The van der Waals surface area contributed by atoms with E-state index < -0.39 is 16.1 Å². The fraction of sp³-hybridized carbons (Fsp3) is 0.500. The van der Waals surface area contributed by atoms with Crippen LogP contribution < -0.4 is 10.5 Å². The minimum Gasteiger partial charge on any atom is -0.495 e. The fourth-order valence-corrected chi connectivity index (χ4v) is 3.88. The molecule has 6 nitrogen and oxygen atoms in total. The highest BCUT2D eigenvalue weighted by Gasteiger charge is 2.31. The SMILES string of the molecule is COc1ccc(N)cc1S(=O)(=O)N1CCCC(O)C1. The van der Waals surface area contributed by atoms with Gasteiger partial charge in [-0.05, 0) is 31.0 Å². The van der Waals surface area contributed by atoms with Crippen LogP contribution in [0.2, 0.25) is 0 Å². The van der Waals surface area contributed by atoms with Crippen LogP contribution in [0.4, 0.5) is 5.69 Å². The molecule has 1 heterocycles. The molecule has 1 atom stereocenters. The zero-order valence-corrected chi connectivity index (χ0v) is 11.6. The van der Waals surface area contributed by atoms with Crippen LogP contribution in [-0.4, -0.2) is 44.1 Å². The normalized spacial score (nSPS) is 21.3. The van der Waals surface area contributed by atoms with Gasteiger partial charge < -0.3 is 15.6 Å². The number of aliphatic hydroxyl groups is 1. The summed E-state index contributed by atoms with van der Waals surface area (Å²) in [5.74, 6) is 0.259. The second-order valence-corrected chi connectivity index (χ2v) is 6.48. The number of nitrogens with two attached hydrogens (primary N) is 1. The van der Waals surface area contributed by atoms with Gasteiger partial charge in [-0.15, -0.1) is 0 Å². The van der Waals surface area contributed by atoms with Crippen molar-refractivity contribution in [3.05, 3.63) is 18.2 Å². The Balaban J connectivity index is 2.41. The predicted octanol–water partition coefficient (Wildman–Crippen LogP) is 0.423. The number of hydrogen-bond donors (Lipinski definition) is 2. The highest BCUT2D eigenvalue weighted by atomic mass is 32.2. The van der Waals surface area contributed by atoms with Gasteiger partial charge in [0, 0.05) is 18.8 Å². The Morgan fingerprint density at radius 3 is 2.84 bits per heavy atom. The molecule has 1 aliphatic heterocycles. The maximum Gasteiger partial charge on any atom is 0.246 e. The molecule has 1 unspecified atom stereocenters. The van der Waals surface area contributed by atoms with Crippen LogP contribution in [-0.2, 0) is 10.0 Å². The largest absolute Gasteiger partial charge is 0.495 e. The van der Waals surface area contributed by atoms with Crippen molar-refractivity contribution in [2.75, 3.05) is 25.9 Å². The molecule has 1 aromatic rings. The summed E-state index contributed by atoms with van der Waals surface area (Å²) in [6, 6.07) is 4.50. The average molecular weight is 286 g/mol. The number of methoxy groups -OCH3 is 1. The Kier molecular flexibility index (Phi) is 3.98. The average Bonchev–Trinajstić information content (AvgIpc) is 2.38. The first-order chi connectivity index (χ1) is 8.95. The minimum absolute atomic E-state index is 0.0455. The summed E-state index contributed by atoms with van der Waals surface area (Å²) in [4.78, 5) is 0.0455. The van der Waals surface area contributed by atoms with Crippen molar-refractivity contribution < 1.29 is 18.3 Å². The summed E-state index contributed by atoms with van der Waals surface area (Å²) in [5, 5.41) is 9.61. The van der Waals surface area contributed by atoms with E-state index in [2.05, 4.69) is 0 Å². The monoisotopic (exact) mass is 286 g/mol. The number of benzene rings is 1. The molecule has 0 aromatic heterocycles. The van der Waals surface area contributed by atoms with Gasteiger partial charge in [-0.25, -0.2) is 8.42 Å². The highest BCUT2D eigenvalue weighted by molar-refractivity contribution is 7.89. The Morgan fingerprint density at radius 1 is 1.47 bits per heavy atom. The van der Waals surface area contributed by atoms with Gasteiger partial charge >= 0.3 is 0 Å². The van der Waals surface area contributed by atoms with Crippen molar-refractivity contribution in [1.82, 2.24) is 4.31 Å². The first kappa shape index (κ1) is 14.1. The van der Waals surface area contributed by atoms with Crippen molar-refractivity contribution in [3.8, 4) is 5.75 Å². The predicted molar refractivity (Wildman–Crippen MR) is 71.4 cm³/mol. The number of aliphatic hydroxyl groups excluding tert-OH is 1. The molecular weight excluding hydrogens is 268 g/mol. The van der Waals surface area contributed by atoms with E-state index in [0.717, 1.165) is 0 Å². The molecule has 106 valence electrons. The molecule has 1 fully saturated rings. The van der Waals surface area contributed by atoms with E-state index >= 15 is 0 Å². The van der Waals surface area contributed by atoms with E-state index in [1.807, 2.05) is 0 Å². The van der Waals surface area contributed by atoms with Gasteiger partial charge in [-0.3, -0.25) is 0 Å². The molecular formula is C12H18N2O4S. The van der Waals surface area contributed by atoms with Crippen LogP contribution in [0.25, 0.3) is 0 Å². The Morgan fingerprint density at radius 2 is 2.21 bits per heavy atom. The van der Waals surface area contributed by atoms with E-state index in [9.17, 15) is 13.5 Å². The first-order valence-electron chi connectivity index (χ1n) is 6.07. The lowest BCUT2D eigenvalue weighted by Gasteiger charge is -2.29. The Labute approximate surface area is 112 Å². The van der Waals surface area contributed by atoms with Crippen LogP contribution in [0.15, 0.2) is 23.1 Å². The second-order valence-electron chi connectivity index (χ2n) is 4.57. The highest BCUT2D eigenvalue weighted by Crippen LogP contribution is 2.30. The van der Waals surface area contributed by atoms with E-state index in [4.69, 9.17) is 10.5 Å². The topological polar surface area (TPSA) is 92.9 Å². The maximum absolute atomic E-state index is 12.5. The number of ether oxygens (including phenoxy) is 1. The van der Waals surface area contributed by atoms with Crippen LogP contribution in [0.5, 0.6) is 5.75 Å². The van der Waals surface area contributed by atoms with Gasteiger partial charge in [0.25, 0.3) is 0 Å². The summed E-state index contributed by atoms with van der Waals surface area (Å²) in [7, 11) is -2.28. The molecule has 2 rings (SSSR count). The van der Waals surface area contributed by atoms with Crippen LogP contribution >= 0.6 is 0 Å². The lowest BCUT2D eigenvalue weighted by Crippen LogP contribution is -2.42. The summed E-state index contributed by atoms with van der Waals surface area (Å²) in [6.07, 6.45) is 0.654. The third-order valence-corrected chi connectivity index (χ3v) is 5.05. The summed E-state index contributed by atoms with van der Waals surface area (Å²) < 4.78 is 31.4. The Hall–Kier alpha value is -1.31. The van der Waals surface area contributed by atoms with Gasteiger partial charge in [0.05, 0.1) is 13.2 Å². The second kappa shape index (κ2) is 5.36. The summed E-state index contributed by atoms with van der Waals surface area (Å²) >= 11 is 0. The molecule has 0 bridgehead atoms. The third kappa shape index (κ3) is 2.83. The van der Waals surface area contributed by atoms with Crippen LogP contribution in [0.3, 0.4) is 0 Å². The standard InChI is InChI=1S/C12H18N2O4S/c1-18-11-5-4-9(13)7-12(11)19(16,17)14-6-2-3-10(15)8-14/h4-5,7,10,15H,2-3,6,8,13H2,1H3. The number of hydrogen-bond acceptors (Lipinski definition) is 5. The lowest BCUT2D eigenvalue weighted by atomic mass is 10.1. The molecule has 1 aromatic carbocycles. The molecule has 0 aliphatic carbocycles. The molecule has 1 saturated heterocycles. The molecule has 0 spiro atoms. The van der Waals surface area contributed by atoms with Gasteiger partial charge in [0.15, 0.2) is 0 Å².